The molecule has 108 valence electrons. The summed E-state index contributed by atoms with van der Waals surface area (Å²) in [5.74, 6) is -1.43. The Labute approximate surface area is 122 Å². The van der Waals surface area contributed by atoms with Crippen molar-refractivity contribution in [2.24, 2.45) is 0 Å². The number of hydrogen-bond acceptors (Lipinski definition) is 4. The number of esters is 1. The number of fused-ring (bicyclic) bond motifs is 1. The van der Waals surface area contributed by atoms with E-state index in [2.05, 4.69) is 0 Å². The van der Waals surface area contributed by atoms with Gasteiger partial charge in [-0.2, -0.15) is 0 Å². The Kier molecular flexibility index (Phi) is 3.56. The van der Waals surface area contributed by atoms with Crippen molar-refractivity contribution >= 4 is 17.8 Å². The normalized spacial score (nSPS) is 20.6. The Morgan fingerprint density at radius 2 is 1.86 bits per heavy atom. The maximum absolute atomic E-state index is 12.1. The van der Waals surface area contributed by atoms with Gasteiger partial charge in [0.1, 0.15) is 12.6 Å². The second-order valence-corrected chi connectivity index (χ2v) is 5.13. The van der Waals surface area contributed by atoms with Crippen LogP contribution in [-0.4, -0.2) is 35.3 Å². The van der Waals surface area contributed by atoms with Crippen LogP contribution in [0.15, 0.2) is 36.4 Å². The topological polar surface area (TPSA) is 63.7 Å². The number of carbonyl (C=O) groups is 3. The highest BCUT2D eigenvalue weighted by atomic mass is 16.5. The van der Waals surface area contributed by atoms with E-state index in [-0.39, 0.29) is 12.6 Å². The zero-order valence-electron chi connectivity index (χ0n) is 11.5. The molecule has 0 bridgehead atoms. The van der Waals surface area contributed by atoms with Crippen molar-refractivity contribution in [1.82, 2.24) is 4.90 Å². The van der Waals surface area contributed by atoms with Crippen molar-refractivity contribution in [1.29, 1.82) is 0 Å². The Morgan fingerprint density at radius 3 is 2.43 bits per heavy atom. The first kappa shape index (κ1) is 13.5. The Hall–Kier alpha value is -2.43. The summed E-state index contributed by atoms with van der Waals surface area (Å²) in [6.45, 7) is -0.337. The minimum Gasteiger partial charge on any atom is -0.457 e. The van der Waals surface area contributed by atoms with E-state index in [1.807, 2.05) is 12.2 Å². The van der Waals surface area contributed by atoms with Gasteiger partial charge in [0.05, 0.1) is 11.1 Å². The standard InChI is InChI=1S/C16H15NO4/c18-14(21-11-6-2-1-3-7-11)10-17-15(19)12-8-4-5-9-13(12)16(17)20/h2,4-6,8-9,11H,1,3,7,10H2/t11-/m1/s1. The average Bonchev–Trinajstić information content (AvgIpc) is 2.74. The molecule has 1 aliphatic heterocycles. The van der Waals surface area contributed by atoms with Crippen molar-refractivity contribution in [3.05, 3.63) is 47.5 Å². The lowest BCUT2D eigenvalue weighted by Gasteiger charge is -2.19. The molecule has 21 heavy (non-hydrogen) atoms. The summed E-state index contributed by atoms with van der Waals surface area (Å²) in [5.41, 5.74) is 0.681. The predicted octanol–water partition coefficient (Wildman–Crippen LogP) is 1.93. The number of benzene rings is 1. The molecule has 1 atom stereocenters. The molecule has 0 unspecified atom stereocenters. The quantitative estimate of drug-likeness (QED) is 0.483. The van der Waals surface area contributed by atoms with Crippen LogP contribution in [0.2, 0.25) is 0 Å². The number of ether oxygens (including phenoxy) is 1. The first-order valence-electron chi connectivity index (χ1n) is 6.98. The molecule has 0 radical (unpaired) electrons. The molecule has 2 amide bonds. The van der Waals surface area contributed by atoms with Gasteiger partial charge in [-0.05, 0) is 37.5 Å². The summed E-state index contributed by atoms with van der Waals surface area (Å²) in [6, 6.07) is 6.56. The number of rotatable bonds is 3. The Balaban J connectivity index is 1.67. The molecule has 0 spiro atoms. The fourth-order valence-corrected chi connectivity index (χ4v) is 2.60. The van der Waals surface area contributed by atoms with Crippen molar-refractivity contribution < 1.29 is 19.1 Å². The van der Waals surface area contributed by atoms with Gasteiger partial charge in [-0.15, -0.1) is 0 Å². The first-order valence-corrected chi connectivity index (χ1v) is 6.98. The van der Waals surface area contributed by atoms with Gasteiger partial charge in [0.25, 0.3) is 11.8 Å². The first-order chi connectivity index (χ1) is 10.2. The molecule has 0 aromatic heterocycles. The Bertz CT molecular complexity index is 600. The molecule has 3 rings (SSSR count). The number of carbonyl (C=O) groups excluding carboxylic acids is 3. The highest BCUT2D eigenvalue weighted by molar-refractivity contribution is 6.22. The number of hydrogen-bond donors (Lipinski definition) is 0. The average molecular weight is 285 g/mol. The van der Waals surface area contributed by atoms with Crippen LogP contribution >= 0.6 is 0 Å². The molecular formula is C16H15NO4. The molecule has 1 aromatic rings. The van der Waals surface area contributed by atoms with Gasteiger partial charge in [-0.25, -0.2) is 0 Å². The highest BCUT2D eigenvalue weighted by Gasteiger charge is 2.36. The van der Waals surface area contributed by atoms with Crippen LogP contribution in [0.3, 0.4) is 0 Å². The van der Waals surface area contributed by atoms with Gasteiger partial charge in [-0.1, -0.05) is 18.2 Å². The van der Waals surface area contributed by atoms with E-state index in [0.29, 0.717) is 11.1 Å². The van der Waals surface area contributed by atoms with Crippen LogP contribution < -0.4 is 0 Å². The largest absolute Gasteiger partial charge is 0.457 e. The van der Waals surface area contributed by atoms with Crippen molar-refractivity contribution in [3.8, 4) is 0 Å². The van der Waals surface area contributed by atoms with Crippen LogP contribution in [0.25, 0.3) is 0 Å². The van der Waals surface area contributed by atoms with E-state index in [1.54, 1.807) is 24.3 Å². The number of amides is 2. The minimum absolute atomic E-state index is 0.249. The molecule has 1 heterocycles. The summed E-state index contributed by atoms with van der Waals surface area (Å²) < 4.78 is 5.28. The molecule has 0 saturated heterocycles. The smallest absolute Gasteiger partial charge is 0.326 e. The number of imide groups is 1. The SMILES string of the molecule is O=C(CN1C(=O)c2ccccc2C1=O)O[C@@H]1C=CCCC1. The molecule has 0 N–H and O–H groups in total. The van der Waals surface area contributed by atoms with Gasteiger partial charge in [0, 0.05) is 0 Å². The van der Waals surface area contributed by atoms with E-state index in [0.717, 1.165) is 24.2 Å². The summed E-state index contributed by atoms with van der Waals surface area (Å²) in [7, 11) is 0. The zero-order chi connectivity index (χ0) is 14.8. The fourth-order valence-electron chi connectivity index (χ4n) is 2.60. The number of nitrogens with zero attached hydrogens (tertiary/aromatic N) is 1. The molecular weight excluding hydrogens is 270 g/mol. The van der Waals surface area contributed by atoms with Crippen LogP contribution in [0.5, 0.6) is 0 Å². The minimum atomic E-state index is -0.555. The highest BCUT2D eigenvalue weighted by Crippen LogP contribution is 2.22. The molecule has 0 fully saturated rings. The van der Waals surface area contributed by atoms with E-state index in [4.69, 9.17) is 4.74 Å². The number of allylic oxidation sites excluding steroid dienone is 1. The van der Waals surface area contributed by atoms with E-state index < -0.39 is 17.8 Å². The monoisotopic (exact) mass is 285 g/mol. The third-order valence-electron chi connectivity index (χ3n) is 3.66. The molecule has 1 aromatic carbocycles. The van der Waals surface area contributed by atoms with Crippen LogP contribution in [0, 0.1) is 0 Å². The second kappa shape index (κ2) is 5.52. The predicted molar refractivity (Wildman–Crippen MR) is 74.7 cm³/mol. The second-order valence-electron chi connectivity index (χ2n) is 5.13. The van der Waals surface area contributed by atoms with E-state index in [1.165, 1.54) is 0 Å². The van der Waals surface area contributed by atoms with Crippen LogP contribution in [-0.2, 0) is 9.53 Å². The lowest BCUT2D eigenvalue weighted by molar-refractivity contribution is -0.147. The van der Waals surface area contributed by atoms with Gasteiger partial charge >= 0.3 is 5.97 Å². The lowest BCUT2D eigenvalue weighted by Crippen LogP contribution is -2.36. The summed E-state index contributed by atoms with van der Waals surface area (Å²) >= 11 is 0. The van der Waals surface area contributed by atoms with Crippen molar-refractivity contribution in [3.63, 3.8) is 0 Å². The molecule has 1 aliphatic carbocycles. The van der Waals surface area contributed by atoms with Gasteiger partial charge in [0.2, 0.25) is 0 Å². The van der Waals surface area contributed by atoms with Crippen molar-refractivity contribution in [2.45, 2.75) is 25.4 Å². The molecule has 2 aliphatic rings. The summed E-state index contributed by atoms with van der Waals surface area (Å²) in [5, 5.41) is 0. The fraction of sp³-hybridized carbons (Fsp3) is 0.312. The summed E-state index contributed by atoms with van der Waals surface area (Å²) in [4.78, 5) is 37.1. The maximum Gasteiger partial charge on any atom is 0.326 e. The van der Waals surface area contributed by atoms with Crippen LogP contribution in [0.1, 0.15) is 40.0 Å². The van der Waals surface area contributed by atoms with E-state index >= 15 is 0 Å². The molecule has 0 saturated carbocycles. The Morgan fingerprint density at radius 1 is 1.19 bits per heavy atom. The lowest BCUT2D eigenvalue weighted by atomic mass is 10.1. The van der Waals surface area contributed by atoms with E-state index in [9.17, 15) is 14.4 Å². The molecule has 5 heteroatoms. The van der Waals surface area contributed by atoms with Crippen LogP contribution in [0.4, 0.5) is 0 Å². The summed E-state index contributed by atoms with van der Waals surface area (Å²) in [6.07, 6.45) is 6.33. The third kappa shape index (κ3) is 2.59. The van der Waals surface area contributed by atoms with Gasteiger partial charge in [0.15, 0.2) is 0 Å². The van der Waals surface area contributed by atoms with Crippen molar-refractivity contribution in [2.75, 3.05) is 6.54 Å². The third-order valence-corrected chi connectivity index (χ3v) is 3.66. The zero-order valence-corrected chi connectivity index (χ0v) is 11.5. The van der Waals surface area contributed by atoms with Gasteiger partial charge in [-0.3, -0.25) is 19.3 Å². The molecule has 5 nitrogen and oxygen atoms in total. The van der Waals surface area contributed by atoms with Gasteiger partial charge < -0.3 is 4.74 Å². The maximum atomic E-state index is 12.1.